The highest BCUT2D eigenvalue weighted by molar-refractivity contribution is 7.89. The molecule has 1 unspecified atom stereocenters. The van der Waals surface area contributed by atoms with Crippen molar-refractivity contribution in [3.8, 4) is 0 Å². The van der Waals surface area contributed by atoms with E-state index in [-0.39, 0.29) is 22.8 Å². The first-order valence-corrected chi connectivity index (χ1v) is 12.2. The van der Waals surface area contributed by atoms with Gasteiger partial charge in [0.25, 0.3) is 10.0 Å². The summed E-state index contributed by atoms with van der Waals surface area (Å²) in [5.74, 6) is 0.474. The maximum atomic E-state index is 13.3. The quantitative estimate of drug-likeness (QED) is 0.731. The number of piperidine rings is 1. The number of rotatable bonds is 5. The summed E-state index contributed by atoms with van der Waals surface area (Å²) in [6.07, 6.45) is 7.48. The molecule has 2 aromatic rings. The molecule has 162 valence electrons. The molecule has 2 aliphatic heterocycles. The average molecular weight is 431 g/mol. The first-order chi connectivity index (χ1) is 14.4. The lowest BCUT2D eigenvalue weighted by Gasteiger charge is -2.35. The molecular weight excluding hydrogens is 400 g/mol. The van der Waals surface area contributed by atoms with Gasteiger partial charge in [-0.1, -0.05) is 36.8 Å². The fourth-order valence-electron chi connectivity index (χ4n) is 4.71. The van der Waals surface area contributed by atoms with E-state index in [0.717, 1.165) is 44.2 Å². The van der Waals surface area contributed by atoms with Gasteiger partial charge in [0.1, 0.15) is 0 Å². The van der Waals surface area contributed by atoms with E-state index in [9.17, 15) is 13.2 Å². The van der Waals surface area contributed by atoms with Crippen LogP contribution >= 0.6 is 0 Å². The molecule has 7 nitrogen and oxygen atoms in total. The van der Waals surface area contributed by atoms with Gasteiger partial charge in [0.05, 0.1) is 6.33 Å². The maximum Gasteiger partial charge on any atom is 0.262 e. The lowest BCUT2D eigenvalue weighted by atomic mass is 9.81. The van der Waals surface area contributed by atoms with Crippen LogP contribution in [0, 0.1) is 11.8 Å². The molecule has 1 atom stereocenters. The fourth-order valence-corrected chi connectivity index (χ4v) is 6.14. The number of hydrogen-bond acceptors (Lipinski definition) is 4. The van der Waals surface area contributed by atoms with Crippen LogP contribution < -0.4 is 0 Å². The highest BCUT2D eigenvalue weighted by Crippen LogP contribution is 2.34. The largest absolute Gasteiger partial charge is 0.339 e. The Bertz CT molecular complexity index is 965. The first kappa shape index (κ1) is 21.1. The van der Waals surface area contributed by atoms with Crippen LogP contribution in [0.5, 0.6) is 0 Å². The molecule has 2 saturated heterocycles. The predicted molar refractivity (Wildman–Crippen MR) is 114 cm³/mol. The summed E-state index contributed by atoms with van der Waals surface area (Å²) in [4.78, 5) is 19.4. The van der Waals surface area contributed by atoms with Crippen molar-refractivity contribution < 1.29 is 13.2 Å². The maximum absolute atomic E-state index is 13.3. The lowest BCUT2D eigenvalue weighted by Crippen LogP contribution is -2.44. The summed E-state index contributed by atoms with van der Waals surface area (Å²) < 4.78 is 28.8. The van der Waals surface area contributed by atoms with Crippen molar-refractivity contribution in [2.45, 2.75) is 43.7 Å². The van der Waals surface area contributed by atoms with E-state index < -0.39 is 10.0 Å². The van der Waals surface area contributed by atoms with Gasteiger partial charge in [-0.2, -0.15) is 4.31 Å². The number of carbonyl (C=O) groups is 1. The van der Waals surface area contributed by atoms with Gasteiger partial charge in [-0.25, -0.2) is 13.4 Å². The summed E-state index contributed by atoms with van der Waals surface area (Å²) in [5, 5.41) is 0.100. The van der Waals surface area contributed by atoms with Crippen molar-refractivity contribution >= 4 is 15.9 Å². The van der Waals surface area contributed by atoms with Gasteiger partial charge < -0.3 is 9.47 Å². The van der Waals surface area contributed by atoms with Gasteiger partial charge in [0.2, 0.25) is 5.91 Å². The Balaban J connectivity index is 1.41. The van der Waals surface area contributed by atoms with Crippen LogP contribution in [-0.4, -0.2) is 52.7 Å². The van der Waals surface area contributed by atoms with Crippen molar-refractivity contribution in [1.29, 1.82) is 0 Å². The number of sulfonamides is 1. The SMILES string of the molecule is Cn1cnc(S(=O)(=O)N2CCC(C3CCCCN(Cc4ccccc4)C3=O)CC2)c1. The topological polar surface area (TPSA) is 75.5 Å². The van der Waals surface area contributed by atoms with Gasteiger partial charge in [-0.15, -0.1) is 0 Å². The third-order valence-corrected chi connectivity index (χ3v) is 8.18. The van der Waals surface area contributed by atoms with Gasteiger partial charge in [0.15, 0.2) is 5.03 Å². The molecule has 1 aromatic carbocycles. The van der Waals surface area contributed by atoms with E-state index in [0.29, 0.717) is 19.6 Å². The Kier molecular flexibility index (Phi) is 6.24. The van der Waals surface area contributed by atoms with Gasteiger partial charge in [-0.3, -0.25) is 4.79 Å². The second kappa shape index (κ2) is 8.89. The molecule has 8 heteroatoms. The number of likely N-dealkylation sites (tertiary alicyclic amines) is 1. The van der Waals surface area contributed by atoms with Crippen molar-refractivity contribution in [2.24, 2.45) is 18.9 Å². The number of imidazole rings is 1. The molecule has 1 aromatic heterocycles. The summed E-state index contributed by atoms with van der Waals surface area (Å²) in [6.45, 7) is 2.36. The molecule has 0 spiro atoms. The zero-order chi connectivity index (χ0) is 21.1. The number of carbonyl (C=O) groups excluding carboxylic acids is 1. The molecule has 0 aliphatic carbocycles. The lowest BCUT2D eigenvalue weighted by molar-refractivity contribution is -0.137. The van der Waals surface area contributed by atoms with E-state index in [4.69, 9.17) is 0 Å². The number of hydrogen-bond donors (Lipinski definition) is 0. The van der Waals surface area contributed by atoms with E-state index in [2.05, 4.69) is 17.1 Å². The molecule has 0 bridgehead atoms. The Hall–Kier alpha value is -2.19. The third kappa shape index (κ3) is 4.44. The number of aromatic nitrogens is 2. The minimum Gasteiger partial charge on any atom is -0.339 e. The van der Waals surface area contributed by atoms with Crippen LogP contribution in [0.2, 0.25) is 0 Å². The summed E-state index contributed by atoms with van der Waals surface area (Å²) in [7, 11) is -1.80. The zero-order valence-electron chi connectivity index (χ0n) is 17.5. The normalized spacial score (nSPS) is 22.2. The number of benzene rings is 1. The van der Waals surface area contributed by atoms with Gasteiger partial charge in [-0.05, 0) is 37.2 Å². The van der Waals surface area contributed by atoms with E-state index >= 15 is 0 Å². The van der Waals surface area contributed by atoms with Crippen LogP contribution in [0.4, 0.5) is 0 Å². The van der Waals surface area contributed by atoms with Crippen LogP contribution in [0.1, 0.15) is 37.7 Å². The second-order valence-electron chi connectivity index (χ2n) is 8.47. The summed E-state index contributed by atoms with van der Waals surface area (Å²) >= 11 is 0. The van der Waals surface area contributed by atoms with Crippen LogP contribution in [0.3, 0.4) is 0 Å². The van der Waals surface area contributed by atoms with E-state index in [1.54, 1.807) is 11.6 Å². The van der Waals surface area contributed by atoms with E-state index in [1.165, 1.54) is 16.8 Å². The zero-order valence-corrected chi connectivity index (χ0v) is 18.3. The molecule has 3 heterocycles. The Labute approximate surface area is 178 Å². The van der Waals surface area contributed by atoms with Crippen molar-refractivity contribution in [1.82, 2.24) is 18.8 Å². The van der Waals surface area contributed by atoms with E-state index in [1.807, 2.05) is 23.1 Å². The molecule has 4 rings (SSSR count). The fraction of sp³-hybridized carbons (Fsp3) is 0.545. The van der Waals surface area contributed by atoms with Crippen LogP contribution in [0.15, 0.2) is 47.9 Å². The predicted octanol–water partition coefficient (Wildman–Crippen LogP) is 2.65. The third-order valence-electron chi connectivity index (χ3n) is 6.39. The molecular formula is C22H30N4O3S. The second-order valence-corrected chi connectivity index (χ2v) is 10.4. The Morgan fingerprint density at radius 2 is 1.77 bits per heavy atom. The average Bonchev–Trinajstić information content (AvgIpc) is 3.12. The highest BCUT2D eigenvalue weighted by atomic mass is 32.2. The molecule has 0 N–H and O–H groups in total. The smallest absolute Gasteiger partial charge is 0.262 e. The Morgan fingerprint density at radius 1 is 1.03 bits per heavy atom. The number of nitrogens with zero attached hydrogens (tertiary/aromatic N) is 4. The molecule has 2 fully saturated rings. The summed E-state index contributed by atoms with van der Waals surface area (Å²) in [5.41, 5.74) is 1.16. The minimum atomic E-state index is -3.56. The van der Waals surface area contributed by atoms with Crippen LogP contribution in [0.25, 0.3) is 0 Å². The van der Waals surface area contributed by atoms with Gasteiger partial charge >= 0.3 is 0 Å². The molecule has 1 amide bonds. The molecule has 0 radical (unpaired) electrons. The summed E-state index contributed by atoms with van der Waals surface area (Å²) in [6, 6.07) is 10.1. The van der Waals surface area contributed by atoms with Crippen molar-refractivity contribution in [3.05, 3.63) is 48.4 Å². The molecule has 2 aliphatic rings. The Morgan fingerprint density at radius 3 is 2.43 bits per heavy atom. The van der Waals surface area contributed by atoms with Gasteiger partial charge in [0, 0.05) is 45.3 Å². The number of amides is 1. The van der Waals surface area contributed by atoms with Crippen molar-refractivity contribution in [3.63, 3.8) is 0 Å². The number of aryl methyl sites for hydroxylation is 1. The highest BCUT2D eigenvalue weighted by Gasteiger charge is 2.38. The first-order valence-electron chi connectivity index (χ1n) is 10.8. The molecule has 30 heavy (non-hydrogen) atoms. The monoisotopic (exact) mass is 430 g/mol. The van der Waals surface area contributed by atoms with Crippen molar-refractivity contribution in [2.75, 3.05) is 19.6 Å². The minimum absolute atomic E-state index is 0.00378. The molecule has 0 saturated carbocycles. The standard InChI is InChI=1S/C22H30N4O3S/c1-24-16-21(23-17-24)30(28,29)26-13-10-19(11-14-26)20-9-5-6-12-25(22(20)27)15-18-7-3-2-4-8-18/h2-4,7-8,16-17,19-20H,5-6,9-15H2,1H3. The van der Waals surface area contributed by atoms with Crippen LogP contribution in [-0.2, 0) is 28.4 Å².